The number of nitrogens with zero attached hydrogens (tertiary/aromatic N) is 1. The van der Waals surface area contributed by atoms with Crippen molar-refractivity contribution in [3.05, 3.63) is 27.0 Å². The van der Waals surface area contributed by atoms with Crippen LogP contribution in [-0.2, 0) is 4.74 Å². The van der Waals surface area contributed by atoms with Gasteiger partial charge >= 0.3 is 0 Å². The van der Waals surface area contributed by atoms with Crippen LogP contribution in [0.3, 0.4) is 0 Å². The van der Waals surface area contributed by atoms with Gasteiger partial charge in [-0.25, -0.2) is 4.99 Å². The fourth-order valence-electron chi connectivity index (χ4n) is 1.09. The van der Waals surface area contributed by atoms with Gasteiger partial charge < -0.3 is 4.74 Å². The van der Waals surface area contributed by atoms with E-state index in [1.807, 2.05) is 25.1 Å². The molecule has 0 aromatic carbocycles. The van der Waals surface area contributed by atoms with Gasteiger partial charge in [0, 0.05) is 11.8 Å². The van der Waals surface area contributed by atoms with Crippen molar-refractivity contribution in [2.24, 2.45) is 4.99 Å². The predicted molar refractivity (Wildman–Crippen MR) is 56.4 cm³/mol. The largest absolute Gasteiger partial charge is 0.474 e. The first-order valence-electron chi connectivity index (χ1n) is 3.88. The van der Waals surface area contributed by atoms with Gasteiger partial charge in [0.15, 0.2) is 5.90 Å². The standard InChI is InChI=1S/C9H8ClNOS/c1-6-11-7(5-12-6)4-8-2-3-9(10)13-8/h2-4H,5H2,1H3. The smallest absolute Gasteiger partial charge is 0.185 e. The van der Waals surface area contributed by atoms with Gasteiger partial charge in [0.05, 0.1) is 10.0 Å². The minimum atomic E-state index is 0.571. The highest BCUT2D eigenvalue weighted by Crippen LogP contribution is 2.24. The summed E-state index contributed by atoms with van der Waals surface area (Å²) in [6, 6.07) is 3.86. The summed E-state index contributed by atoms with van der Waals surface area (Å²) in [4.78, 5) is 5.33. The summed E-state index contributed by atoms with van der Waals surface area (Å²) in [5.41, 5.74) is 0.955. The second-order valence-electron chi connectivity index (χ2n) is 2.70. The van der Waals surface area contributed by atoms with Gasteiger partial charge in [-0.05, 0) is 18.2 Å². The van der Waals surface area contributed by atoms with Gasteiger partial charge in [0.1, 0.15) is 6.61 Å². The van der Waals surface area contributed by atoms with Crippen LogP contribution in [0.1, 0.15) is 11.8 Å². The van der Waals surface area contributed by atoms with Crippen LogP contribution in [0.4, 0.5) is 0 Å². The van der Waals surface area contributed by atoms with E-state index in [0.29, 0.717) is 6.61 Å². The Morgan fingerprint density at radius 1 is 1.62 bits per heavy atom. The second-order valence-corrected chi connectivity index (χ2v) is 4.44. The molecule has 1 aromatic heterocycles. The highest BCUT2D eigenvalue weighted by molar-refractivity contribution is 7.17. The molecule has 1 aliphatic rings. The molecule has 0 fully saturated rings. The van der Waals surface area contributed by atoms with Gasteiger partial charge in [-0.3, -0.25) is 0 Å². The topological polar surface area (TPSA) is 21.6 Å². The van der Waals surface area contributed by atoms with Gasteiger partial charge in [-0.1, -0.05) is 11.6 Å². The molecule has 2 nitrogen and oxygen atoms in total. The van der Waals surface area contributed by atoms with Crippen molar-refractivity contribution >= 4 is 34.9 Å². The molecule has 0 N–H and O–H groups in total. The van der Waals surface area contributed by atoms with Gasteiger partial charge in [0.2, 0.25) is 0 Å². The van der Waals surface area contributed by atoms with Crippen LogP contribution >= 0.6 is 22.9 Å². The van der Waals surface area contributed by atoms with Crippen LogP contribution in [0.25, 0.3) is 6.08 Å². The minimum absolute atomic E-state index is 0.571. The quantitative estimate of drug-likeness (QED) is 0.702. The highest BCUT2D eigenvalue weighted by atomic mass is 35.5. The third kappa shape index (κ3) is 2.11. The van der Waals surface area contributed by atoms with Crippen molar-refractivity contribution < 1.29 is 4.74 Å². The van der Waals surface area contributed by atoms with E-state index >= 15 is 0 Å². The number of thiophene rings is 1. The molecule has 0 aliphatic carbocycles. The molecule has 0 saturated heterocycles. The maximum absolute atomic E-state index is 5.80. The molecule has 0 amide bonds. The zero-order valence-corrected chi connectivity index (χ0v) is 8.65. The highest BCUT2D eigenvalue weighted by Gasteiger charge is 2.07. The van der Waals surface area contributed by atoms with E-state index in [0.717, 1.165) is 20.8 Å². The van der Waals surface area contributed by atoms with Gasteiger partial charge in [-0.2, -0.15) is 0 Å². The van der Waals surface area contributed by atoms with Crippen LogP contribution in [-0.4, -0.2) is 12.5 Å². The average molecular weight is 214 g/mol. The van der Waals surface area contributed by atoms with Crippen LogP contribution in [0.5, 0.6) is 0 Å². The molecular formula is C9H8ClNOS. The van der Waals surface area contributed by atoms with Crippen molar-refractivity contribution in [1.29, 1.82) is 0 Å². The number of halogens is 1. The summed E-state index contributed by atoms with van der Waals surface area (Å²) >= 11 is 7.34. The van der Waals surface area contributed by atoms with E-state index < -0.39 is 0 Å². The Morgan fingerprint density at radius 2 is 2.46 bits per heavy atom. The zero-order valence-electron chi connectivity index (χ0n) is 7.08. The third-order valence-corrected chi connectivity index (χ3v) is 2.81. The van der Waals surface area contributed by atoms with E-state index in [1.165, 1.54) is 0 Å². The molecule has 0 saturated carbocycles. The molecule has 2 rings (SSSR count). The Morgan fingerprint density at radius 3 is 3.00 bits per heavy atom. The molecule has 0 atom stereocenters. The maximum Gasteiger partial charge on any atom is 0.185 e. The molecule has 0 unspecified atom stereocenters. The summed E-state index contributed by atoms with van der Waals surface area (Å²) in [6.45, 7) is 2.42. The van der Waals surface area contributed by atoms with Crippen molar-refractivity contribution in [2.45, 2.75) is 6.92 Å². The number of aliphatic imine (C=N–C) groups is 1. The van der Waals surface area contributed by atoms with E-state index in [1.54, 1.807) is 11.3 Å². The summed E-state index contributed by atoms with van der Waals surface area (Å²) in [7, 11) is 0. The molecule has 0 radical (unpaired) electrons. The van der Waals surface area contributed by atoms with Crippen molar-refractivity contribution in [3.8, 4) is 0 Å². The fraction of sp³-hybridized carbons (Fsp3) is 0.222. The summed E-state index contributed by atoms with van der Waals surface area (Å²) in [5, 5.41) is 0. The first-order chi connectivity index (χ1) is 6.24. The lowest BCUT2D eigenvalue weighted by Crippen LogP contribution is -1.89. The Hall–Kier alpha value is -0.800. The molecule has 4 heteroatoms. The molecule has 1 aliphatic heterocycles. The van der Waals surface area contributed by atoms with E-state index in [9.17, 15) is 0 Å². The lowest BCUT2D eigenvalue weighted by molar-refractivity contribution is 0.361. The Bertz CT molecular complexity index is 381. The average Bonchev–Trinajstić information content (AvgIpc) is 2.62. The van der Waals surface area contributed by atoms with E-state index in [4.69, 9.17) is 16.3 Å². The van der Waals surface area contributed by atoms with Crippen molar-refractivity contribution in [2.75, 3.05) is 6.61 Å². The summed E-state index contributed by atoms with van der Waals surface area (Å²) in [5.74, 6) is 0.730. The molecule has 13 heavy (non-hydrogen) atoms. The summed E-state index contributed by atoms with van der Waals surface area (Å²) < 4.78 is 6.00. The molecule has 68 valence electrons. The molecular weight excluding hydrogens is 206 g/mol. The molecule has 1 aromatic rings. The Labute approximate surface area is 85.5 Å². The van der Waals surface area contributed by atoms with Gasteiger partial charge in [-0.15, -0.1) is 11.3 Å². The van der Waals surface area contributed by atoms with E-state index in [2.05, 4.69) is 4.99 Å². The van der Waals surface area contributed by atoms with Crippen LogP contribution in [0.15, 0.2) is 22.8 Å². The number of ether oxygens (including phenoxy) is 1. The number of hydrogen-bond acceptors (Lipinski definition) is 3. The Balaban J connectivity index is 2.21. The number of rotatable bonds is 1. The zero-order chi connectivity index (χ0) is 9.26. The van der Waals surface area contributed by atoms with Crippen LogP contribution < -0.4 is 0 Å². The first kappa shape index (κ1) is 8.78. The lowest BCUT2D eigenvalue weighted by Gasteiger charge is -1.89. The SMILES string of the molecule is CC1=NC(=Cc2ccc(Cl)s2)CO1. The predicted octanol–water partition coefficient (Wildman–Crippen LogP) is 3.19. The number of hydrogen-bond donors (Lipinski definition) is 0. The monoisotopic (exact) mass is 213 g/mol. The molecule has 2 heterocycles. The maximum atomic E-state index is 5.80. The van der Waals surface area contributed by atoms with Crippen molar-refractivity contribution in [3.63, 3.8) is 0 Å². The molecule has 0 spiro atoms. The lowest BCUT2D eigenvalue weighted by atomic mass is 10.4. The van der Waals surface area contributed by atoms with E-state index in [-0.39, 0.29) is 0 Å². The third-order valence-electron chi connectivity index (χ3n) is 1.63. The first-order valence-corrected chi connectivity index (χ1v) is 5.07. The minimum Gasteiger partial charge on any atom is -0.474 e. The van der Waals surface area contributed by atoms with Crippen molar-refractivity contribution in [1.82, 2.24) is 0 Å². The van der Waals surface area contributed by atoms with Crippen LogP contribution in [0.2, 0.25) is 4.34 Å². The second kappa shape index (κ2) is 3.52. The fourth-order valence-corrected chi connectivity index (χ4v) is 2.11. The summed E-state index contributed by atoms with van der Waals surface area (Å²) in [6.07, 6.45) is 1.99. The molecule has 0 bridgehead atoms. The van der Waals surface area contributed by atoms with Crippen LogP contribution in [0, 0.1) is 0 Å². The normalized spacial score (nSPS) is 18.9. The van der Waals surface area contributed by atoms with Gasteiger partial charge in [0.25, 0.3) is 0 Å². The Kier molecular flexibility index (Phi) is 2.38.